The number of halogens is 8. The zero-order chi connectivity index (χ0) is 16.3. The van der Waals surface area contributed by atoms with E-state index in [2.05, 4.69) is 0 Å². The number of benzene rings is 2. The van der Waals surface area contributed by atoms with Crippen LogP contribution < -0.4 is 0 Å². The van der Waals surface area contributed by atoms with Gasteiger partial charge in [-0.1, -0.05) is 0 Å². The van der Waals surface area contributed by atoms with Gasteiger partial charge >= 0.3 is 0 Å². The summed E-state index contributed by atoms with van der Waals surface area (Å²) in [5, 5.41) is 0. The van der Waals surface area contributed by atoms with Gasteiger partial charge in [-0.15, -0.1) is 0 Å². The smallest absolute Gasteiger partial charge is 0.164 e. The molecule has 0 aliphatic carbocycles. The monoisotopic (exact) mass is 314 g/mol. The highest BCUT2D eigenvalue weighted by Crippen LogP contribution is 2.17. The quantitative estimate of drug-likeness (QED) is 0.484. The van der Waals surface area contributed by atoms with Crippen molar-refractivity contribution in [2.24, 2.45) is 0 Å². The summed E-state index contributed by atoms with van der Waals surface area (Å²) in [7, 11) is 0. The molecule has 2 aromatic carbocycles. The van der Waals surface area contributed by atoms with E-state index in [0.717, 1.165) is 6.92 Å². The topological polar surface area (TPSA) is 0 Å². The Hall–Kier alpha value is -2.12. The molecule has 0 atom stereocenters. The molecule has 114 valence electrons. The predicted octanol–water partition coefficient (Wildman–Crippen LogP) is 4.79. The van der Waals surface area contributed by atoms with Gasteiger partial charge in [-0.05, 0) is 6.92 Å². The minimum Gasteiger partial charge on any atom is -0.204 e. The van der Waals surface area contributed by atoms with Gasteiger partial charge in [0.25, 0.3) is 0 Å². The summed E-state index contributed by atoms with van der Waals surface area (Å²) in [6, 6.07) is 0.493. The van der Waals surface area contributed by atoms with E-state index in [1.807, 2.05) is 0 Å². The van der Waals surface area contributed by atoms with E-state index in [9.17, 15) is 35.1 Å². The lowest BCUT2D eigenvalue weighted by molar-refractivity contribution is 0.445. The average molecular weight is 314 g/mol. The number of rotatable bonds is 0. The Balaban J connectivity index is 0.000000211. The number of hydrogen-bond acceptors (Lipinski definition) is 0. The lowest BCUT2D eigenvalue weighted by Crippen LogP contribution is -1.97. The summed E-state index contributed by atoms with van der Waals surface area (Å²) in [5.74, 6) is -11.0. The molecular weight excluding hydrogens is 308 g/mol. The van der Waals surface area contributed by atoms with Crippen molar-refractivity contribution in [3.63, 3.8) is 0 Å². The molecule has 0 bridgehead atoms. The van der Waals surface area contributed by atoms with E-state index in [0.29, 0.717) is 0 Å². The van der Waals surface area contributed by atoms with Crippen LogP contribution in [-0.4, -0.2) is 0 Å². The van der Waals surface area contributed by atoms with Crippen molar-refractivity contribution in [3.8, 4) is 0 Å². The van der Waals surface area contributed by atoms with Crippen LogP contribution in [0.3, 0.4) is 0 Å². The summed E-state index contributed by atoms with van der Waals surface area (Å²) in [5.41, 5.74) is -0.637. The van der Waals surface area contributed by atoms with Crippen molar-refractivity contribution in [3.05, 3.63) is 70.3 Å². The molecule has 0 aliphatic rings. The summed E-state index contributed by atoms with van der Waals surface area (Å²) in [6.07, 6.45) is 0. The highest BCUT2D eigenvalue weighted by Gasteiger charge is 2.14. The van der Waals surface area contributed by atoms with Crippen LogP contribution in [0.1, 0.15) is 5.56 Å². The highest BCUT2D eigenvalue weighted by molar-refractivity contribution is 5.20. The first-order valence-electron chi connectivity index (χ1n) is 5.24. The van der Waals surface area contributed by atoms with E-state index in [-0.39, 0.29) is 18.2 Å². The maximum absolute atomic E-state index is 12.4. The Kier molecular flexibility index (Phi) is 5.28. The third kappa shape index (κ3) is 3.93. The first-order valence-corrected chi connectivity index (χ1v) is 5.24. The van der Waals surface area contributed by atoms with Crippen LogP contribution in [0, 0.1) is 53.5 Å². The Morgan fingerprint density at radius 2 is 0.714 bits per heavy atom. The van der Waals surface area contributed by atoms with Crippen molar-refractivity contribution >= 4 is 0 Å². The van der Waals surface area contributed by atoms with Gasteiger partial charge < -0.3 is 0 Å². The molecule has 0 radical (unpaired) electrons. The maximum Gasteiger partial charge on any atom is 0.164 e. The lowest BCUT2D eigenvalue weighted by atomic mass is 10.2. The van der Waals surface area contributed by atoms with Crippen LogP contribution in [-0.2, 0) is 0 Å². The van der Waals surface area contributed by atoms with Crippen molar-refractivity contribution in [1.82, 2.24) is 0 Å². The molecule has 0 aliphatic heterocycles. The predicted molar refractivity (Wildman–Crippen MR) is 57.3 cm³/mol. The molecular formula is C13H6F8. The highest BCUT2D eigenvalue weighted by atomic mass is 19.2. The first kappa shape index (κ1) is 16.9. The average Bonchev–Trinajstić information content (AvgIpc) is 2.42. The molecule has 21 heavy (non-hydrogen) atoms. The summed E-state index contributed by atoms with van der Waals surface area (Å²) < 4.78 is 97.2. The van der Waals surface area contributed by atoms with Gasteiger partial charge in [-0.3, -0.25) is 0 Å². The zero-order valence-electron chi connectivity index (χ0n) is 10.3. The van der Waals surface area contributed by atoms with Crippen LogP contribution in [0.25, 0.3) is 0 Å². The molecule has 0 N–H and O–H groups in total. The second-order valence-corrected chi connectivity index (χ2v) is 3.77. The first-order chi connectivity index (χ1) is 9.65. The molecule has 0 saturated heterocycles. The largest absolute Gasteiger partial charge is 0.204 e. The molecule has 0 heterocycles. The van der Waals surface area contributed by atoms with E-state index in [1.165, 1.54) is 0 Å². The fourth-order valence-electron chi connectivity index (χ4n) is 1.19. The van der Waals surface area contributed by atoms with Crippen LogP contribution in [0.4, 0.5) is 35.1 Å². The SMILES string of the molecule is Cc1c(F)c(F)cc(F)c1F.Fc1cc(F)c(F)cc1F. The lowest BCUT2D eigenvalue weighted by Gasteiger charge is -1.99. The van der Waals surface area contributed by atoms with Crippen molar-refractivity contribution in [1.29, 1.82) is 0 Å². The van der Waals surface area contributed by atoms with Gasteiger partial charge in [-0.25, -0.2) is 35.1 Å². The minimum absolute atomic E-state index is 0.157. The normalized spacial score (nSPS) is 10.1. The molecule has 0 saturated carbocycles. The van der Waals surface area contributed by atoms with Crippen LogP contribution in [0.5, 0.6) is 0 Å². The molecule has 0 spiro atoms. The number of hydrogen-bond donors (Lipinski definition) is 0. The Labute approximate surface area is 113 Å². The van der Waals surface area contributed by atoms with Gasteiger partial charge in [0, 0.05) is 23.8 Å². The molecule has 0 unspecified atom stereocenters. The van der Waals surface area contributed by atoms with Gasteiger partial charge in [0.1, 0.15) is 0 Å². The van der Waals surface area contributed by atoms with Crippen molar-refractivity contribution in [2.75, 3.05) is 0 Å². The molecule has 2 aromatic rings. The summed E-state index contributed by atoms with van der Waals surface area (Å²) >= 11 is 0. The Bertz CT molecular complexity index is 589. The van der Waals surface area contributed by atoms with Gasteiger partial charge in [0.15, 0.2) is 46.5 Å². The molecule has 8 heteroatoms. The molecule has 0 aromatic heterocycles. The molecule has 0 fully saturated rings. The van der Waals surface area contributed by atoms with Crippen molar-refractivity contribution < 1.29 is 35.1 Å². The summed E-state index contributed by atoms with van der Waals surface area (Å²) in [6.45, 7) is 0.969. The van der Waals surface area contributed by atoms with E-state index >= 15 is 0 Å². The molecule has 0 amide bonds. The van der Waals surface area contributed by atoms with E-state index in [4.69, 9.17) is 0 Å². The Morgan fingerprint density at radius 1 is 0.476 bits per heavy atom. The second-order valence-electron chi connectivity index (χ2n) is 3.77. The molecule has 2 rings (SSSR count). The fourth-order valence-corrected chi connectivity index (χ4v) is 1.19. The maximum atomic E-state index is 12.4. The zero-order valence-corrected chi connectivity index (χ0v) is 10.3. The van der Waals surface area contributed by atoms with Gasteiger partial charge in [0.2, 0.25) is 0 Å². The van der Waals surface area contributed by atoms with Crippen LogP contribution in [0.2, 0.25) is 0 Å². The van der Waals surface area contributed by atoms with Crippen LogP contribution in [0.15, 0.2) is 18.2 Å². The van der Waals surface area contributed by atoms with Gasteiger partial charge in [0.05, 0.1) is 0 Å². The Morgan fingerprint density at radius 3 is 1.00 bits per heavy atom. The summed E-state index contributed by atoms with van der Waals surface area (Å²) in [4.78, 5) is 0. The third-order valence-electron chi connectivity index (χ3n) is 2.29. The van der Waals surface area contributed by atoms with E-state index in [1.54, 1.807) is 0 Å². The third-order valence-corrected chi connectivity index (χ3v) is 2.29. The van der Waals surface area contributed by atoms with Crippen LogP contribution >= 0.6 is 0 Å². The minimum atomic E-state index is -1.39. The fraction of sp³-hybridized carbons (Fsp3) is 0.0769. The standard InChI is InChI=1S/C7H4F4.C6H2F4/c1-3-6(10)4(8)2-5(9)7(3)11;7-3-1-4(8)6(10)2-5(3)9/h2H,1H3;1-2H. The molecule has 0 nitrogen and oxygen atoms in total. The second kappa shape index (κ2) is 6.55. The van der Waals surface area contributed by atoms with E-state index < -0.39 is 52.1 Å². The van der Waals surface area contributed by atoms with Crippen molar-refractivity contribution in [2.45, 2.75) is 6.92 Å². The van der Waals surface area contributed by atoms with Gasteiger partial charge in [-0.2, -0.15) is 0 Å².